The van der Waals surface area contributed by atoms with E-state index in [9.17, 15) is 27.6 Å². The number of alkyl carbamates (subject to hydrolysis) is 1. The van der Waals surface area contributed by atoms with Crippen molar-refractivity contribution in [2.45, 2.75) is 120 Å². The highest BCUT2D eigenvalue weighted by molar-refractivity contribution is 7.91. The summed E-state index contributed by atoms with van der Waals surface area (Å²) in [5, 5.41) is 4.96. The van der Waals surface area contributed by atoms with Crippen molar-refractivity contribution < 1.29 is 41.8 Å². The molecule has 3 saturated carbocycles. The Morgan fingerprint density at radius 3 is 2.54 bits per heavy atom. The maximum atomic E-state index is 14.6. The zero-order valence-corrected chi connectivity index (χ0v) is 32.1. The zero-order chi connectivity index (χ0) is 38.6. The number of aryl methyl sites for hydroxylation is 1. The lowest BCUT2D eigenvalue weighted by Crippen LogP contribution is -2.60. The van der Waals surface area contributed by atoms with Crippen LogP contribution in [-0.4, -0.2) is 95.8 Å². The molecule has 3 heterocycles. The Bertz CT molecular complexity index is 1960. The van der Waals surface area contributed by atoms with Crippen LogP contribution in [0.2, 0.25) is 0 Å². The van der Waals surface area contributed by atoms with Crippen LogP contribution >= 0.6 is 0 Å². The van der Waals surface area contributed by atoms with Crippen LogP contribution in [0.4, 0.5) is 4.79 Å². The molecule has 4 amide bonds. The third-order valence-corrected chi connectivity index (χ3v) is 13.1. The summed E-state index contributed by atoms with van der Waals surface area (Å²) in [4.78, 5) is 66.8. The van der Waals surface area contributed by atoms with Gasteiger partial charge < -0.3 is 29.7 Å². The molecular weight excluding hydrogens is 717 g/mol. The Morgan fingerprint density at radius 2 is 1.85 bits per heavy atom. The summed E-state index contributed by atoms with van der Waals surface area (Å²) in [7, 11) is -2.33. The Balaban J connectivity index is 1.22. The number of benzene rings is 1. The molecule has 2 bridgehead atoms. The Labute approximate surface area is 315 Å². The van der Waals surface area contributed by atoms with Gasteiger partial charge in [-0.15, -0.1) is 6.58 Å². The number of sulfonamides is 1. The summed E-state index contributed by atoms with van der Waals surface area (Å²) in [6.07, 6.45) is 5.93. The van der Waals surface area contributed by atoms with E-state index in [2.05, 4.69) is 21.9 Å². The van der Waals surface area contributed by atoms with Crippen molar-refractivity contribution in [2.75, 3.05) is 13.7 Å². The summed E-state index contributed by atoms with van der Waals surface area (Å²) < 4.78 is 45.3. The van der Waals surface area contributed by atoms with Gasteiger partial charge >= 0.3 is 6.09 Å². The minimum absolute atomic E-state index is 0.0245. The van der Waals surface area contributed by atoms with E-state index in [4.69, 9.17) is 24.2 Å². The highest BCUT2D eigenvalue weighted by atomic mass is 32.2. The van der Waals surface area contributed by atoms with Crippen LogP contribution in [0.3, 0.4) is 0 Å². The molecule has 7 rings (SSSR count). The number of nitrogens with zero attached hydrogens (tertiary/aromatic N) is 3. The molecule has 3 N–H and O–H groups in total. The Kier molecular flexibility index (Phi) is 10.0. The van der Waals surface area contributed by atoms with Crippen molar-refractivity contribution in [1.29, 1.82) is 0 Å². The van der Waals surface area contributed by atoms with Crippen LogP contribution in [0.5, 0.6) is 11.6 Å². The number of carbonyl (C=O) groups excluding carboxylic acids is 4. The SMILES string of the molecule is C=C[C@H]1C[C@]1(NC(=O)[C@H]1C[C@@H]2CN1C(=O)[C@@H](C(C)(C)C)NC(=O)O[C@@H]1C[C@H]1CCCCCc1nc3ccc(OC)cc3nc1O2)C(=O)NS(=O)(=O)C1CC1. The molecule has 4 fully saturated rings. The van der Waals surface area contributed by atoms with Gasteiger partial charge in [-0.25, -0.2) is 23.2 Å². The van der Waals surface area contributed by atoms with E-state index in [1.165, 1.54) is 11.0 Å². The number of ether oxygens (including phenoxy) is 3. The second kappa shape index (κ2) is 14.3. The van der Waals surface area contributed by atoms with Gasteiger partial charge in [-0.05, 0) is 68.4 Å². The van der Waals surface area contributed by atoms with Crippen molar-refractivity contribution >= 4 is 44.9 Å². The second-order valence-electron chi connectivity index (χ2n) is 16.5. The first kappa shape index (κ1) is 37.8. The number of carbonyl (C=O) groups is 4. The standard InChI is InChI=1S/C38H50N6O9S/c1-6-22-19-38(22,35(47)43-54(49,50)25-13-14-25)42-32(45)29-18-24-20-44(29)34(46)31(37(2,3)4)41-36(48)53-30-16-21(30)10-8-7-9-11-27-33(52-24)40-28-17-23(51-5)12-15-26(28)39-27/h6,12,15,17,21-22,24-25,29-31H,1,7-11,13-14,16,18-20H2,2-5H3,(H,41,48)(H,42,45)(H,43,47)/t21-,22+,24-,29-,30-,31+,38-/m1/s1. The number of methoxy groups -OCH3 is 1. The first-order chi connectivity index (χ1) is 25.6. The number of amides is 4. The Hall–Kier alpha value is -4.47. The molecule has 0 radical (unpaired) electrons. The fourth-order valence-corrected chi connectivity index (χ4v) is 9.00. The van der Waals surface area contributed by atoms with Gasteiger partial charge in [0.1, 0.15) is 41.3 Å². The molecule has 5 aliphatic rings. The number of rotatable bonds is 7. The number of hydrogen-bond acceptors (Lipinski definition) is 11. The molecule has 3 aliphatic carbocycles. The van der Waals surface area contributed by atoms with E-state index >= 15 is 0 Å². The number of nitrogens with one attached hydrogen (secondary N) is 3. The average molecular weight is 767 g/mol. The molecule has 15 nitrogen and oxygen atoms in total. The van der Waals surface area contributed by atoms with Crippen molar-refractivity contribution in [1.82, 2.24) is 30.2 Å². The van der Waals surface area contributed by atoms with Gasteiger partial charge in [0, 0.05) is 18.4 Å². The van der Waals surface area contributed by atoms with Gasteiger partial charge in [0.2, 0.25) is 27.7 Å². The molecule has 1 saturated heterocycles. The maximum Gasteiger partial charge on any atom is 0.408 e. The van der Waals surface area contributed by atoms with Crippen molar-refractivity contribution in [3.05, 3.63) is 36.5 Å². The van der Waals surface area contributed by atoms with Gasteiger partial charge in [0.15, 0.2) is 0 Å². The van der Waals surface area contributed by atoms with E-state index in [0.717, 1.165) is 32.1 Å². The molecule has 292 valence electrons. The topological polar surface area (TPSA) is 195 Å². The number of aromatic nitrogens is 2. The molecule has 7 atom stereocenters. The first-order valence-corrected chi connectivity index (χ1v) is 20.5. The van der Waals surface area contributed by atoms with Gasteiger partial charge in [0.05, 0.1) is 29.9 Å². The van der Waals surface area contributed by atoms with Gasteiger partial charge in [0.25, 0.3) is 5.91 Å². The third kappa shape index (κ3) is 7.85. The van der Waals surface area contributed by atoms with Crippen LogP contribution in [0, 0.1) is 17.3 Å². The van der Waals surface area contributed by atoms with E-state index in [1.807, 2.05) is 32.9 Å². The van der Waals surface area contributed by atoms with E-state index in [0.29, 0.717) is 47.6 Å². The van der Waals surface area contributed by atoms with Gasteiger partial charge in [-0.1, -0.05) is 39.7 Å². The van der Waals surface area contributed by atoms with E-state index < -0.39 is 74.1 Å². The Morgan fingerprint density at radius 1 is 1.07 bits per heavy atom. The van der Waals surface area contributed by atoms with Crippen LogP contribution in [0.1, 0.15) is 84.3 Å². The lowest BCUT2D eigenvalue weighted by atomic mass is 9.85. The smallest absolute Gasteiger partial charge is 0.408 e. The zero-order valence-electron chi connectivity index (χ0n) is 31.3. The van der Waals surface area contributed by atoms with Crippen molar-refractivity contribution in [2.24, 2.45) is 17.3 Å². The quantitative estimate of drug-likeness (QED) is 0.350. The number of hydrogen-bond donors (Lipinski definition) is 3. The predicted molar refractivity (Wildman–Crippen MR) is 197 cm³/mol. The molecule has 0 unspecified atom stereocenters. The lowest BCUT2D eigenvalue weighted by Gasteiger charge is -2.35. The fourth-order valence-electron chi connectivity index (χ4n) is 7.64. The molecule has 54 heavy (non-hydrogen) atoms. The maximum absolute atomic E-state index is 14.6. The molecular formula is C38H50N6O9S. The van der Waals surface area contributed by atoms with Crippen LogP contribution < -0.4 is 24.8 Å². The highest BCUT2D eigenvalue weighted by Crippen LogP contribution is 2.46. The third-order valence-electron chi connectivity index (χ3n) is 11.3. The monoisotopic (exact) mass is 766 g/mol. The van der Waals surface area contributed by atoms with Gasteiger partial charge in [-0.3, -0.25) is 19.1 Å². The summed E-state index contributed by atoms with van der Waals surface area (Å²) >= 11 is 0. The molecule has 1 aromatic heterocycles. The molecule has 16 heteroatoms. The van der Waals surface area contributed by atoms with Crippen LogP contribution in [-0.2, 0) is 35.6 Å². The summed E-state index contributed by atoms with van der Waals surface area (Å²) in [6, 6.07) is 3.20. The second-order valence-corrected chi connectivity index (χ2v) is 18.4. The summed E-state index contributed by atoms with van der Waals surface area (Å²) in [6.45, 7) is 9.18. The molecule has 2 aromatic rings. The summed E-state index contributed by atoms with van der Waals surface area (Å²) in [5.74, 6) is -1.39. The molecule has 0 spiro atoms. The lowest BCUT2D eigenvalue weighted by molar-refractivity contribution is -0.142. The minimum atomic E-state index is -3.90. The van der Waals surface area contributed by atoms with Crippen LogP contribution in [0.15, 0.2) is 30.9 Å². The molecule has 2 aliphatic heterocycles. The summed E-state index contributed by atoms with van der Waals surface area (Å²) in [5.41, 5.74) is -0.451. The minimum Gasteiger partial charge on any atom is -0.497 e. The number of fused-ring (bicyclic) bond motifs is 5. The first-order valence-electron chi connectivity index (χ1n) is 18.9. The molecule has 1 aromatic carbocycles. The highest BCUT2D eigenvalue weighted by Gasteiger charge is 2.62. The largest absolute Gasteiger partial charge is 0.497 e. The normalized spacial score (nSPS) is 30.3. The van der Waals surface area contributed by atoms with Crippen molar-refractivity contribution in [3.63, 3.8) is 0 Å². The van der Waals surface area contributed by atoms with E-state index in [1.54, 1.807) is 13.2 Å². The predicted octanol–water partition coefficient (Wildman–Crippen LogP) is 3.30. The fraction of sp³-hybridized carbons (Fsp3) is 0.632. The van der Waals surface area contributed by atoms with Gasteiger partial charge in [-0.2, -0.15) is 0 Å². The van der Waals surface area contributed by atoms with E-state index in [-0.39, 0.29) is 31.4 Å². The van der Waals surface area contributed by atoms with Crippen molar-refractivity contribution in [3.8, 4) is 11.6 Å². The average Bonchev–Trinajstić information content (AvgIpc) is 4.04. The van der Waals surface area contributed by atoms with Crippen LogP contribution in [0.25, 0.3) is 11.0 Å².